The van der Waals surface area contributed by atoms with Crippen LogP contribution < -0.4 is 0 Å². The van der Waals surface area contributed by atoms with E-state index >= 15 is 0 Å². The molecule has 1 rings (SSSR count). The van der Waals surface area contributed by atoms with Gasteiger partial charge in [0, 0.05) is 11.3 Å². The number of rotatable bonds is 5. The van der Waals surface area contributed by atoms with Crippen LogP contribution in [0.15, 0.2) is 17.7 Å². The molecule has 0 saturated heterocycles. The molecule has 1 aromatic rings. The third kappa shape index (κ3) is 3.16. The fraction of sp³-hybridized carbons (Fsp3) is 0.556. The van der Waals surface area contributed by atoms with Gasteiger partial charge in [0.1, 0.15) is 6.20 Å². The van der Waals surface area contributed by atoms with E-state index in [9.17, 15) is 10.1 Å². The van der Waals surface area contributed by atoms with Crippen molar-refractivity contribution >= 4 is 23.1 Å². The summed E-state index contributed by atoms with van der Waals surface area (Å²) in [6.45, 7) is 3.85. The number of imidazole rings is 1. The van der Waals surface area contributed by atoms with Gasteiger partial charge in [-0.2, -0.15) is 0 Å². The average molecular weight is 261 g/mol. The van der Waals surface area contributed by atoms with E-state index in [1.165, 1.54) is 17.1 Å². The predicted octanol–water partition coefficient (Wildman–Crippen LogP) is 1.89. The third-order valence-corrected chi connectivity index (χ3v) is 3.04. The van der Waals surface area contributed by atoms with E-state index in [1.54, 1.807) is 0 Å². The van der Waals surface area contributed by atoms with Gasteiger partial charge in [-0.15, -0.1) is 11.6 Å². The molecule has 0 aliphatic heterocycles. The summed E-state index contributed by atoms with van der Waals surface area (Å²) in [5.74, 6) is 0.0365. The van der Waals surface area contributed by atoms with Gasteiger partial charge in [0.25, 0.3) is 0 Å². The molecule has 0 aromatic carbocycles. The summed E-state index contributed by atoms with van der Waals surface area (Å²) in [7, 11) is 0. The zero-order valence-electron chi connectivity index (χ0n) is 9.50. The number of oxime groups is 1. The van der Waals surface area contributed by atoms with Crippen LogP contribution in [0.4, 0.5) is 5.82 Å². The Bertz CT molecular complexity index is 441. The van der Waals surface area contributed by atoms with Crippen LogP contribution in [-0.2, 0) is 6.54 Å². The summed E-state index contributed by atoms with van der Waals surface area (Å²) >= 11 is 5.76. The van der Waals surface area contributed by atoms with Crippen LogP contribution in [0.2, 0.25) is 0 Å². The molecule has 0 bridgehead atoms. The second-order valence-corrected chi connectivity index (χ2v) is 4.49. The average Bonchev–Trinajstić information content (AvgIpc) is 2.74. The summed E-state index contributed by atoms with van der Waals surface area (Å²) in [5.41, 5.74) is -0.0604. The fourth-order valence-electron chi connectivity index (χ4n) is 1.16. The van der Waals surface area contributed by atoms with Crippen LogP contribution in [0.25, 0.3) is 0 Å². The van der Waals surface area contributed by atoms with Gasteiger partial charge in [0.05, 0.1) is 12.3 Å². The minimum Gasteiger partial charge on any atom is -0.411 e. The minimum absolute atomic E-state index is 0.205. The molecule has 0 spiro atoms. The maximum atomic E-state index is 10.5. The first kappa shape index (κ1) is 13.4. The molecule has 0 aliphatic rings. The van der Waals surface area contributed by atoms with E-state index in [-0.39, 0.29) is 18.2 Å². The summed E-state index contributed by atoms with van der Waals surface area (Å²) < 4.78 is 1.47. The van der Waals surface area contributed by atoms with Crippen molar-refractivity contribution in [3.63, 3.8) is 0 Å². The summed E-state index contributed by atoms with van der Waals surface area (Å²) in [4.78, 5) is 13.5. The molecule has 0 amide bonds. The number of hydrogen-bond acceptors (Lipinski definition) is 5. The highest BCUT2D eigenvalue weighted by molar-refractivity contribution is 6.20. The quantitative estimate of drug-likeness (QED) is 0.288. The van der Waals surface area contributed by atoms with Gasteiger partial charge in [-0.05, 0) is 9.91 Å². The Kier molecular flexibility index (Phi) is 4.06. The van der Waals surface area contributed by atoms with Crippen LogP contribution in [-0.4, -0.2) is 31.3 Å². The molecule has 8 heteroatoms. The molecule has 0 radical (unpaired) electrons. The number of hydrogen-bond donors (Lipinski definition) is 1. The standard InChI is InChI=1S/C9H13ClN4O3/c1-9(2,5-10)7(12-15)3-13-4-8(11-6-13)14(16)17/h4,6,15H,3,5H2,1-2H3/b12-7-. The number of alkyl halides is 1. The van der Waals surface area contributed by atoms with Gasteiger partial charge in [0.15, 0.2) is 0 Å². The zero-order chi connectivity index (χ0) is 13.1. The van der Waals surface area contributed by atoms with E-state index in [1.807, 2.05) is 13.8 Å². The van der Waals surface area contributed by atoms with Gasteiger partial charge in [0.2, 0.25) is 6.33 Å². The zero-order valence-corrected chi connectivity index (χ0v) is 10.3. The van der Waals surface area contributed by atoms with Gasteiger partial charge < -0.3 is 19.9 Å². The van der Waals surface area contributed by atoms with Crippen LogP contribution in [0.3, 0.4) is 0 Å². The highest BCUT2D eigenvalue weighted by Gasteiger charge is 2.25. The molecule has 94 valence electrons. The van der Waals surface area contributed by atoms with E-state index in [0.29, 0.717) is 5.71 Å². The van der Waals surface area contributed by atoms with Crippen LogP contribution in [0.1, 0.15) is 13.8 Å². The lowest BCUT2D eigenvalue weighted by atomic mass is 9.89. The van der Waals surface area contributed by atoms with E-state index in [0.717, 1.165) is 0 Å². The topological polar surface area (TPSA) is 93.5 Å². The van der Waals surface area contributed by atoms with E-state index in [2.05, 4.69) is 10.1 Å². The van der Waals surface area contributed by atoms with Crippen molar-refractivity contribution in [2.45, 2.75) is 20.4 Å². The molecule has 0 atom stereocenters. The smallest absolute Gasteiger partial charge is 0.381 e. The molecule has 0 saturated carbocycles. The Labute approximate surface area is 103 Å². The molecular formula is C9H13ClN4O3. The maximum absolute atomic E-state index is 10.5. The molecule has 1 N–H and O–H groups in total. The largest absolute Gasteiger partial charge is 0.411 e. The predicted molar refractivity (Wildman–Crippen MR) is 62.6 cm³/mol. The Hall–Kier alpha value is -1.63. The molecular weight excluding hydrogens is 248 g/mol. The number of halogens is 1. The van der Waals surface area contributed by atoms with Crippen LogP contribution in [0, 0.1) is 15.5 Å². The lowest BCUT2D eigenvalue weighted by Gasteiger charge is -2.22. The summed E-state index contributed by atoms with van der Waals surface area (Å²) in [5, 5.41) is 22.6. The number of aromatic nitrogens is 2. The molecule has 1 aromatic heterocycles. The fourth-order valence-corrected chi connectivity index (χ4v) is 1.31. The number of nitrogens with zero attached hydrogens (tertiary/aromatic N) is 4. The second kappa shape index (κ2) is 5.13. The molecule has 1 heterocycles. The van der Waals surface area contributed by atoms with Crippen molar-refractivity contribution in [2.24, 2.45) is 10.6 Å². The van der Waals surface area contributed by atoms with Crippen LogP contribution in [0.5, 0.6) is 0 Å². The Balaban J connectivity index is 2.86. The lowest BCUT2D eigenvalue weighted by molar-refractivity contribution is -0.389. The lowest BCUT2D eigenvalue weighted by Crippen LogP contribution is -2.29. The Morgan fingerprint density at radius 3 is 2.82 bits per heavy atom. The van der Waals surface area contributed by atoms with Gasteiger partial charge in [-0.1, -0.05) is 19.0 Å². The molecule has 7 nitrogen and oxygen atoms in total. The molecule has 0 fully saturated rings. The van der Waals surface area contributed by atoms with Crippen molar-refractivity contribution in [1.29, 1.82) is 0 Å². The highest BCUT2D eigenvalue weighted by atomic mass is 35.5. The van der Waals surface area contributed by atoms with Gasteiger partial charge in [-0.3, -0.25) is 0 Å². The van der Waals surface area contributed by atoms with Gasteiger partial charge >= 0.3 is 5.82 Å². The first-order valence-corrected chi connectivity index (χ1v) is 5.37. The van der Waals surface area contributed by atoms with Crippen molar-refractivity contribution < 1.29 is 10.1 Å². The van der Waals surface area contributed by atoms with E-state index in [4.69, 9.17) is 16.8 Å². The SMILES string of the molecule is CC(C)(CCl)/C(Cn1cnc([N+](=O)[O-])c1)=N\O. The Morgan fingerprint density at radius 1 is 1.76 bits per heavy atom. The van der Waals surface area contributed by atoms with Crippen molar-refractivity contribution in [1.82, 2.24) is 9.55 Å². The molecule has 17 heavy (non-hydrogen) atoms. The second-order valence-electron chi connectivity index (χ2n) is 4.23. The molecule has 0 aliphatic carbocycles. The Morgan fingerprint density at radius 2 is 2.41 bits per heavy atom. The summed E-state index contributed by atoms with van der Waals surface area (Å²) in [6, 6.07) is 0. The first-order valence-electron chi connectivity index (χ1n) is 4.84. The normalized spacial score (nSPS) is 12.8. The highest BCUT2D eigenvalue weighted by Crippen LogP contribution is 2.21. The van der Waals surface area contributed by atoms with Crippen LogP contribution >= 0.6 is 11.6 Å². The molecule has 0 unspecified atom stereocenters. The van der Waals surface area contributed by atoms with Crippen molar-refractivity contribution in [3.05, 3.63) is 22.6 Å². The third-order valence-electron chi connectivity index (χ3n) is 2.38. The van der Waals surface area contributed by atoms with Gasteiger partial charge in [-0.25, -0.2) is 0 Å². The van der Waals surface area contributed by atoms with Crippen molar-refractivity contribution in [3.8, 4) is 0 Å². The monoisotopic (exact) mass is 260 g/mol. The maximum Gasteiger partial charge on any atom is 0.381 e. The minimum atomic E-state index is -0.584. The summed E-state index contributed by atoms with van der Waals surface area (Å²) in [6.07, 6.45) is 2.59. The van der Waals surface area contributed by atoms with Crippen molar-refractivity contribution in [2.75, 3.05) is 5.88 Å². The first-order chi connectivity index (χ1) is 7.90. The van der Waals surface area contributed by atoms with E-state index < -0.39 is 10.3 Å². The number of nitro groups is 1.